The van der Waals surface area contributed by atoms with Crippen molar-refractivity contribution in [3.8, 4) is 0 Å². The highest BCUT2D eigenvalue weighted by molar-refractivity contribution is 6.05. The number of aromatic nitrogens is 1. The topological polar surface area (TPSA) is 85.1 Å². The monoisotopic (exact) mass is 297 g/mol. The van der Waals surface area contributed by atoms with E-state index >= 15 is 0 Å². The molecule has 1 aromatic heterocycles. The minimum atomic E-state index is -1.56. The molecule has 0 bridgehead atoms. The van der Waals surface area contributed by atoms with Gasteiger partial charge in [-0.1, -0.05) is 0 Å². The Morgan fingerprint density at radius 3 is 2.48 bits per heavy atom. The van der Waals surface area contributed by atoms with Gasteiger partial charge < -0.3 is 5.32 Å². The average Bonchev–Trinajstić information content (AvgIpc) is 2.44. The van der Waals surface area contributed by atoms with Gasteiger partial charge in [0.2, 0.25) is 5.95 Å². The lowest BCUT2D eigenvalue weighted by molar-refractivity contribution is -0.384. The summed E-state index contributed by atoms with van der Waals surface area (Å²) >= 11 is 0. The Kier molecular flexibility index (Phi) is 3.83. The Morgan fingerprint density at radius 1 is 1.19 bits per heavy atom. The number of halogens is 3. The summed E-state index contributed by atoms with van der Waals surface area (Å²) in [5.41, 5.74) is -1.89. The summed E-state index contributed by atoms with van der Waals surface area (Å²) in [7, 11) is 0. The molecule has 0 aliphatic carbocycles. The molecule has 108 valence electrons. The zero-order valence-corrected chi connectivity index (χ0v) is 10.1. The van der Waals surface area contributed by atoms with Crippen molar-refractivity contribution in [2.24, 2.45) is 0 Å². The highest BCUT2D eigenvalue weighted by Gasteiger charge is 2.23. The molecule has 0 unspecified atom stereocenters. The van der Waals surface area contributed by atoms with E-state index in [1.165, 1.54) is 0 Å². The highest BCUT2D eigenvalue weighted by Crippen LogP contribution is 2.29. The number of rotatable bonds is 3. The van der Waals surface area contributed by atoms with Crippen molar-refractivity contribution in [3.05, 3.63) is 63.7 Å². The number of hydrogen-bond donors (Lipinski definition) is 1. The van der Waals surface area contributed by atoms with Crippen LogP contribution in [0.1, 0.15) is 10.4 Å². The number of pyridine rings is 1. The summed E-state index contributed by atoms with van der Waals surface area (Å²) < 4.78 is 39.3. The molecule has 21 heavy (non-hydrogen) atoms. The van der Waals surface area contributed by atoms with Crippen molar-refractivity contribution in [1.29, 1.82) is 0 Å². The van der Waals surface area contributed by atoms with Gasteiger partial charge in [0.15, 0.2) is 17.3 Å². The van der Waals surface area contributed by atoms with Crippen molar-refractivity contribution < 1.29 is 22.9 Å². The molecule has 2 rings (SSSR count). The number of benzene rings is 1. The first-order valence-electron chi connectivity index (χ1n) is 5.45. The van der Waals surface area contributed by atoms with Crippen LogP contribution in [0.15, 0.2) is 30.5 Å². The fraction of sp³-hybridized carbons (Fsp3) is 0. The summed E-state index contributed by atoms with van der Waals surface area (Å²) in [5.74, 6) is -4.75. The van der Waals surface area contributed by atoms with Gasteiger partial charge in [-0.05, 0) is 18.2 Å². The fourth-order valence-electron chi connectivity index (χ4n) is 1.51. The molecular formula is C12H6F3N3O3. The zero-order chi connectivity index (χ0) is 15.6. The SMILES string of the molecule is O=C(Nc1c([N+](=O)[O-])ccc(F)c1F)c1ccc(F)nc1. The third-order valence-corrected chi connectivity index (χ3v) is 2.50. The molecule has 1 aromatic carbocycles. The quantitative estimate of drug-likeness (QED) is 0.536. The lowest BCUT2D eigenvalue weighted by atomic mass is 10.2. The van der Waals surface area contributed by atoms with Crippen molar-refractivity contribution in [2.45, 2.75) is 0 Å². The summed E-state index contributed by atoms with van der Waals surface area (Å²) in [4.78, 5) is 24.8. The summed E-state index contributed by atoms with van der Waals surface area (Å²) in [6.07, 6.45) is 0.855. The minimum absolute atomic E-state index is 0.172. The molecular weight excluding hydrogens is 291 g/mol. The van der Waals surface area contributed by atoms with Gasteiger partial charge in [0.1, 0.15) is 0 Å². The fourth-order valence-corrected chi connectivity index (χ4v) is 1.51. The normalized spacial score (nSPS) is 10.2. The van der Waals surface area contributed by atoms with Crippen LogP contribution in [0.3, 0.4) is 0 Å². The second-order valence-corrected chi connectivity index (χ2v) is 3.84. The van der Waals surface area contributed by atoms with Crippen molar-refractivity contribution in [3.63, 3.8) is 0 Å². The van der Waals surface area contributed by atoms with Crippen molar-refractivity contribution in [2.75, 3.05) is 5.32 Å². The molecule has 0 aliphatic heterocycles. The summed E-state index contributed by atoms with van der Waals surface area (Å²) in [5, 5.41) is 12.6. The first-order chi connectivity index (χ1) is 9.90. The second kappa shape index (κ2) is 5.57. The van der Waals surface area contributed by atoms with E-state index in [0.29, 0.717) is 6.07 Å². The molecule has 1 heterocycles. The van der Waals surface area contributed by atoms with Gasteiger partial charge in [0.25, 0.3) is 11.6 Å². The molecule has 0 fully saturated rings. The van der Waals surface area contributed by atoms with Crippen molar-refractivity contribution in [1.82, 2.24) is 4.98 Å². The first-order valence-corrected chi connectivity index (χ1v) is 5.45. The van der Waals surface area contributed by atoms with Gasteiger partial charge in [-0.3, -0.25) is 14.9 Å². The van der Waals surface area contributed by atoms with Crippen LogP contribution < -0.4 is 5.32 Å². The lowest BCUT2D eigenvalue weighted by Crippen LogP contribution is -2.15. The Hall–Kier alpha value is -2.97. The van der Waals surface area contributed by atoms with Crippen LogP contribution in [0, 0.1) is 27.7 Å². The largest absolute Gasteiger partial charge is 0.314 e. The van der Waals surface area contributed by atoms with Crippen LogP contribution >= 0.6 is 0 Å². The third kappa shape index (κ3) is 2.96. The Morgan fingerprint density at radius 2 is 1.90 bits per heavy atom. The van der Waals surface area contributed by atoms with E-state index in [1.54, 1.807) is 0 Å². The Labute approximate surface area is 115 Å². The molecule has 2 aromatic rings. The average molecular weight is 297 g/mol. The molecule has 0 spiro atoms. The van der Waals surface area contributed by atoms with Gasteiger partial charge >= 0.3 is 0 Å². The minimum Gasteiger partial charge on any atom is -0.314 e. The van der Waals surface area contributed by atoms with Gasteiger partial charge in [-0.15, -0.1) is 0 Å². The van der Waals surface area contributed by atoms with Crippen LogP contribution in [0.4, 0.5) is 24.5 Å². The number of carbonyl (C=O) groups excluding carboxylic acids is 1. The predicted octanol–water partition coefficient (Wildman–Crippen LogP) is 2.66. The lowest BCUT2D eigenvalue weighted by Gasteiger charge is -2.07. The number of nitro benzene ring substituents is 1. The van der Waals surface area contributed by atoms with Crippen LogP contribution in [0.5, 0.6) is 0 Å². The number of amides is 1. The third-order valence-electron chi connectivity index (χ3n) is 2.50. The maximum Gasteiger partial charge on any atom is 0.296 e. The first kappa shape index (κ1) is 14.4. The maximum atomic E-state index is 13.6. The molecule has 0 saturated carbocycles. The predicted molar refractivity (Wildman–Crippen MR) is 65.2 cm³/mol. The number of hydrogen-bond acceptors (Lipinski definition) is 4. The zero-order valence-electron chi connectivity index (χ0n) is 10.1. The Bertz CT molecular complexity index is 720. The van der Waals surface area contributed by atoms with E-state index in [2.05, 4.69) is 4.98 Å². The highest BCUT2D eigenvalue weighted by atomic mass is 19.2. The van der Waals surface area contributed by atoms with Crippen molar-refractivity contribution >= 4 is 17.3 Å². The molecule has 0 atom stereocenters. The Balaban J connectivity index is 2.38. The van der Waals surface area contributed by atoms with Gasteiger partial charge in [-0.2, -0.15) is 4.39 Å². The maximum absolute atomic E-state index is 13.6. The standard InChI is InChI=1S/C12H6F3N3O3/c13-7-2-3-8(18(20)21)11(10(7)15)17-12(19)6-1-4-9(14)16-5-6/h1-5H,(H,17,19). The van der Waals surface area contributed by atoms with E-state index in [1.807, 2.05) is 5.32 Å². The number of nitro groups is 1. The molecule has 0 aliphatic rings. The van der Waals surface area contributed by atoms with Gasteiger partial charge in [0, 0.05) is 12.3 Å². The van der Waals surface area contributed by atoms with E-state index in [-0.39, 0.29) is 5.56 Å². The molecule has 0 saturated heterocycles. The van der Waals surface area contributed by atoms with E-state index < -0.39 is 39.8 Å². The number of anilines is 1. The van der Waals surface area contributed by atoms with Crippen LogP contribution in [-0.4, -0.2) is 15.8 Å². The van der Waals surface area contributed by atoms with Crippen LogP contribution in [0.25, 0.3) is 0 Å². The van der Waals surface area contributed by atoms with E-state index in [4.69, 9.17) is 0 Å². The number of carbonyl (C=O) groups is 1. The number of nitrogens with zero attached hydrogens (tertiary/aromatic N) is 2. The van der Waals surface area contributed by atoms with E-state index in [9.17, 15) is 28.1 Å². The van der Waals surface area contributed by atoms with Crippen LogP contribution in [-0.2, 0) is 0 Å². The molecule has 1 N–H and O–H groups in total. The van der Waals surface area contributed by atoms with Crippen LogP contribution in [0.2, 0.25) is 0 Å². The number of nitrogens with one attached hydrogen (secondary N) is 1. The van der Waals surface area contributed by atoms with Gasteiger partial charge in [0.05, 0.1) is 10.5 Å². The van der Waals surface area contributed by atoms with Gasteiger partial charge in [-0.25, -0.2) is 13.8 Å². The smallest absolute Gasteiger partial charge is 0.296 e. The molecule has 9 heteroatoms. The van der Waals surface area contributed by atoms with E-state index in [0.717, 1.165) is 24.4 Å². The molecule has 0 radical (unpaired) electrons. The molecule has 1 amide bonds. The molecule has 6 nitrogen and oxygen atoms in total. The summed E-state index contributed by atoms with van der Waals surface area (Å²) in [6.45, 7) is 0. The second-order valence-electron chi connectivity index (χ2n) is 3.84. The summed E-state index contributed by atoms with van der Waals surface area (Å²) in [6, 6.07) is 3.21.